The van der Waals surface area contributed by atoms with Gasteiger partial charge in [0.05, 0.1) is 12.2 Å². The van der Waals surface area contributed by atoms with Crippen LogP contribution in [0.3, 0.4) is 0 Å². The van der Waals surface area contributed by atoms with Gasteiger partial charge in [-0.05, 0) is 12.1 Å². The standard InChI is InChI=1S/C11H12ClN3O3/c1-17-6-10(11(16)15-14)18-9-4-8(12)3-2-7(9)5-13/h2-4,10H,6,14H2,1H3,(H,15,16). The maximum Gasteiger partial charge on any atom is 0.277 e. The molecule has 1 aromatic rings. The van der Waals surface area contributed by atoms with Crippen molar-refractivity contribution in [2.45, 2.75) is 6.10 Å². The van der Waals surface area contributed by atoms with Gasteiger partial charge in [-0.2, -0.15) is 5.26 Å². The predicted octanol–water partition coefficient (Wildman–Crippen LogP) is 0.595. The number of nitrogens with one attached hydrogen (secondary N) is 1. The summed E-state index contributed by atoms with van der Waals surface area (Å²) < 4.78 is 10.2. The molecule has 0 radical (unpaired) electrons. The molecule has 0 fully saturated rings. The first-order chi connectivity index (χ1) is 8.62. The fourth-order valence-electron chi connectivity index (χ4n) is 1.25. The molecule has 6 nitrogen and oxygen atoms in total. The number of ether oxygens (including phenoxy) is 2. The Balaban J connectivity index is 2.96. The van der Waals surface area contributed by atoms with E-state index >= 15 is 0 Å². The number of carbonyl (C=O) groups is 1. The number of amides is 1. The Labute approximate surface area is 109 Å². The lowest BCUT2D eigenvalue weighted by Crippen LogP contribution is -2.44. The summed E-state index contributed by atoms with van der Waals surface area (Å²) in [7, 11) is 1.42. The first-order valence-electron chi connectivity index (χ1n) is 4.98. The number of halogens is 1. The first kappa shape index (κ1) is 14.3. The van der Waals surface area contributed by atoms with E-state index in [1.54, 1.807) is 6.07 Å². The van der Waals surface area contributed by atoms with Crippen LogP contribution >= 0.6 is 11.6 Å². The van der Waals surface area contributed by atoms with Crippen molar-refractivity contribution < 1.29 is 14.3 Å². The van der Waals surface area contributed by atoms with Gasteiger partial charge in [0.25, 0.3) is 5.91 Å². The van der Waals surface area contributed by atoms with Crippen molar-refractivity contribution in [1.82, 2.24) is 5.43 Å². The monoisotopic (exact) mass is 269 g/mol. The molecule has 0 aliphatic rings. The van der Waals surface area contributed by atoms with Crippen molar-refractivity contribution in [3.63, 3.8) is 0 Å². The van der Waals surface area contributed by atoms with Crippen LogP contribution in [0.5, 0.6) is 5.75 Å². The zero-order valence-electron chi connectivity index (χ0n) is 9.64. The summed E-state index contributed by atoms with van der Waals surface area (Å²) in [6.45, 7) is 0.000412. The highest BCUT2D eigenvalue weighted by Gasteiger charge is 2.20. The van der Waals surface area contributed by atoms with Crippen LogP contribution in [0.4, 0.5) is 0 Å². The molecule has 0 bridgehead atoms. The zero-order valence-corrected chi connectivity index (χ0v) is 10.4. The second-order valence-electron chi connectivity index (χ2n) is 3.32. The maximum atomic E-state index is 11.4. The molecule has 1 atom stereocenters. The molecule has 0 saturated carbocycles. The van der Waals surface area contributed by atoms with Gasteiger partial charge >= 0.3 is 0 Å². The van der Waals surface area contributed by atoms with Crippen molar-refractivity contribution in [3.8, 4) is 11.8 Å². The lowest BCUT2D eigenvalue weighted by atomic mass is 10.2. The molecule has 0 saturated heterocycles. The Morgan fingerprint density at radius 1 is 1.67 bits per heavy atom. The van der Waals surface area contributed by atoms with Gasteiger partial charge in [-0.3, -0.25) is 10.2 Å². The quantitative estimate of drug-likeness (QED) is 0.463. The lowest BCUT2D eigenvalue weighted by Gasteiger charge is -2.17. The Morgan fingerprint density at radius 2 is 2.39 bits per heavy atom. The highest BCUT2D eigenvalue weighted by atomic mass is 35.5. The van der Waals surface area contributed by atoms with Crippen LogP contribution in [0, 0.1) is 11.3 Å². The zero-order chi connectivity index (χ0) is 13.5. The van der Waals surface area contributed by atoms with Gasteiger partial charge in [0.15, 0.2) is 0 Å². The molecule has 0 heterocycles. The Hall–Kier alpha value is -1.81. The van der Waals surface area contributed by atoms with Crippen LogP contribution in [-0.4, -0.2) is 25.7 Å². The fraction of sp³-hybridized carbons (Fsp3) is 0.273. The summed E-state index contributed by atoms with van der Waals surface area (Å²) in [6.07, 6.45) is -0.953. The number of rotatable bonds is 5. The molecule has 0 aliphatic heterocycles. The van der Waals surface area contributed by atoms with Crippen molar-refractivity contribution in [2.24, 2.45) is 5.84 Å². The van der Waals surface area contributed by atoms with E-state index in [0.29, 0.717) is 5.02 Å². The second kappa shape index (κ2) is 6.81. The van der Waals surface area contributed by atoms with E-state index < -0.39 is 12.0 Å². The topological polar surface area (TPSA) is 97.4 Å². The smallest absolute Gasteiger partial charge is 0.277 e. The summed E-state index contributed by atoms with van der Waals surface area (Å²) in [4.78, 5) is 11.4. The van der Waals surface area contributed by atoms with Crippen LogP contribution in [0.15, 0.2) is 18.2 Å². The van der Waals surface area contributed by atoms with Gasteiger partial charge in [0.1, 0.15) is 11.8 Å². The van der Waals surface area contributed by atoms with Crippen LogP contribution in [-0.2, 0) is 9.53 Å². The fourth-order valence-corrected chi connectivity index (χ4v) is 1.41. The van der Waals surface area contributed by atoms with Crippen molar-refractivity contribution in [2.75, 3.05) is 13.7 Å². The molecule has 1 amide bonds. The van der Waals surface area contributed by atoms with Gasteiger partial charge in [0.2, 0.25) is 6.10 Å². The SMILES string of the molecule is COCC(Oc1cc(Cl)ccc1C#N)C(=O)NN. The minimum absolute atomic E-state index is 0.000412. The van der Waals surface area contributed by atoms with Gasteiger partial charge in [0, 0.05) is 18.2 Å². The van der Waals surface area contributed by atoms with Crippen LogP contribution in [0.25, 0.3) is 0 Å². The third-order valence-corrected chi connectivity index (χ3v) is 2.32. The molecule has 0 aromatic heterocycles. The van der Waals surface area contributed by atoms with Crippen LogP contribution in [0.1, 0.15) is 5.56 Å². The summed E-state index contributed by atoms with van der Waals surface area (Å²) in [6, 6.07) is 6.45. The van der Waals surface area contributed by atoms with Crippen LogP contribution in [0.2, 0.25) is 5.02 Å². The third kappa shape index (κ3) is 3.60. The summed E-state index contributed by atoms with van der Waals surface area (Å²) in [5.41, 5.74) is 2.23. The number of nitriles is 1. The van der Waals surface area contributed by atoms with E-state index in [4.69, 9.17) is 32.2 Å². The van der Waals surface area contributed by atoms with E-state index in [1.165, 1.54) is 19.2 Å². The molecule has 0 aliphatic carbocycles. The number of carbonyl (C=O) groups excluding carboxylic acids is 1. The molecule has 1 rings (SSSR count). The van der Waals surface area contributed by atoms with Crippen LogP contribution < -0.4 is 16.0 Å². The van der Waals surface area contributed by atoms with Gasteiger partial charge < -0.3 is 9.47 Å². The Morgan fingerprint density at radius 3 is 2.94 bits per heavy atom. The summed E-state index contributed by atoms with van der Waals surface area (Å²) >= 11 is 5.80. The number of methoxy groups -OCH3 is 1. The van der Waals surface area contributed by atoms with Gasteiger partial charge in [-0.15, -0.1) is 0 Å². The molecule has 0 spiro atoms. The van der Waals surface area contributed by atoms with E-state index in [1.807, 2.05) is 11.5 Å². The highest BCUT2D eigenvalue weighted by molar-refractivity contribution is 6.30. The van der Waals surface area contributed by atoms with E-state index in [0.717, 1.165) is 0 Å². The van der Waals surface area contributed by atoms with Gasteiger partial charge in [-0.25, -0.2) is 5.84 Å². The number of hydrogen-bond acceptors (Lipinski definition) is 5. The Kier molecular flexibility index (Phi) is 5.39. The lowest BCUT2D eigenvalue weighted by molar-refractivity contribution is -0.130. The number of nitrogens with two attached hydrogens (primary N) is 1. The normalized spacial score (nSPS) is 11.4. The second-order valence-corrected chi connectivity index (χ2v) is 3.76. The number of nitrogens with zero attached hydrogens (tertiary/aromatic N) is 1. The first-order valence-corrected chi connectivity index (χ1v) is 5.36. The van der Waals surface area contributed by atoms with E-state index in [9.17, 15) is 4.79 Å². The highest BCUT2D eigenvalue weighted by Crippen LogP contribution is 2.23. The average molecular weight is 270 g/mol. The number of benzene rings is 1. The third-order valence-electron chi connectivity index (χ3n) is 2.09. The molecule has 96 valence electrons. The summed E-state index contributed by atoms with van der Waals surface area (Å²) in [5.74, 6) is 4.68. The molecular weight excluding hydrogens is 258 g/mol. The molecular formula is C11H12ClN3O3. The average Bonchev–Trinajstić information content (AvgIpc) is 2.37. The van der Waals surface area contributed by atoms with Gasteiger partial charge in [-0.1, -0.05) is 11.6 Å². The minimum Gasteiger partial charge on any atom is -0.477 e. The van der Waals surface area contributed by atoms with E-state index in [2.05, 4.69) is 0 Å². The van der Waals surface area contributed by atoms with Crippen molar-refractivity contribution in [1.29, 1.82) is 5.26 Å². The van der Waals surface area contributed by atoms with E-state index in [-0.39, 0.29) is 17.9 Å². The number of hydrazine groups is 1. The molecule has 1 unspecified atom stereocenters. The Bertz CT molecular complexity index is 473. The summed E-state index contributed by atoms with van der Waals surface area (Å²) in [5, 5.41) is 9.31. The molecule has 3 N–H and O–H groups in total. The largest absolute Gasteiger partial charge is 0.477 e. The predicted molar refractivity (Wildman–Crippen MR) is 64.8 cm³/mol. The minimum atomic E-state index is -0.953. The van der Waals surface area contributed by atoms with Crippen molar-refractivity contribution >= 4 is 17.5 Å². The molecule has 1 aromatic carbocycles. The van der Waals surface area contributed by atoms with Crippen molar-refractivity contribution in [3.05, 3.63) is 28.8 Å². The maximum absolute atomic E-state index is 11.4. The molecule has 18 heavy (non-hydrogen) atoms. The molecule has 7 heteroatoms. The number of hydrogen-bond donors (Lipinski definition) is 2.